The molecule has 0 fully saturated rings. The number of nitrogens with zero attached hydrogens (tertiary/aromatic N) is 1. The standard InChI is InChI=1S/C9H17NO3S/c1-6(9(12)13)5-10(3)8(11)7(2)14-4/h6-7H,5H2,1-4H3,(H,12,13). The predicted molar refractivity (Wildman–Crippen MR) is 57.4 cm³/mol. The minimum absolute atomic E-state index is 0.0226. The van der Waals surface area contributed by atoms with E-state index in [2.05, 4.69) is 0 Å². The number of carbonyl (C=O) groups excluding carboxylic acids is 1. The average Bonchev–Trinajstić information content (AvgIpc) is 2.14. The lowest BCUT2D eigenvalue weighted by molar-refractivity contribution is -0.142. The van der Waals surface area contributed by atoms with Crippen LogP contribution >= 0.6 is 11.8 Å². The number of amides is 1. The highest BCUT2D eigenvalue weighted by Crippen LogP contribution is 2.09. The first-order valence-electron chi connectivity index (χ1n) is 4.40. The quantitative estimate of drug-likeness (QED) is 0.747. The summed E-state index contributed by atoms with van der Waals surface area (Å²) in [4.78, 5) is 23.6. The van der Waals surface area contributed by atoms with Gasteiger partial charge in [0.15, 0.2) is 0 Å². The summed E-state index contributed by atoms with van der Waals surface area (Å²) in [7, 11) is 1.63. The summed E-state index contributed by atoms with van der Waals surface area (Å²) in [5.41, 5.74) is 0. The van der Waals surface area contributed by atoms with Gasteiger partial charge in [0.05, 0.1) is 11.2 Å². The Balaban J connectivity index is 4.14. The van der Waals surface area contributed by atoms with Crippen LogP contribution in [0.1, 0.15) is 13.8 Å². The molecule has 0 aliphatic carbocycles. The Morgan fingerprint density at radius 2 is 1.93 bits per heavy atom. The third-order valence-corrected chi connectivity index (χ3v) is 2.96. The lowest BCUT2D eigenvalue weighted by Crippen LogP contribution is -2.37. The fourth-order valence-electron chi connectivity index (χ4n) is 0.990. The van der Waals surface area contributed by atoms with Crippen LogP contribution in [0.25, 0.3) is 0 Å². The molecule has 2 unspecified atom stereocenters. The van der Waals surface area contributed by atoms with Crippen molar-refractivity contribution in [3.8, 4) is 0 Å². The Hall–Kier alpha value is -0.710. The molecule has 14 heavy (non-hydrogen) atoms. The van der Waals surface area contributed by atoms with Crippen molar-refractivity contribution < 1.29 is 14.7 Å². The number of carboxylic acids is 1. The number of aliphatic carboxylic acids is 1. The van der Waals surface area contributed by atoms with E-state index >= 15 is 0 Å². The highest BCUT2D eigenvalue weighted by atomic mass is 32.2. The zero-order chi connectivity index (χ0) is 11.3. The largest absolute Gasteiger partial charge is 0.481 e. The predicted octanol–water partition coefficient (Wildman–Crippen LogP) is 0.917. The van der Waals surface area contributed by atoms with E-state index in [9.17, 15) is 9.59 Å². The SMILES string of the molecule is CSC(C)C(=O)N(C)CC(C)C(=O)O. The molecule has 2 atom stereocenters. The van der Waals surface area contributed by atoms with E-state index in [1.165, 1.54) is 16.7 Å². The highest BCUT2D eigenvalue weighted by Gasteiger charge is 2.20. The summed E-state index contributed by atoms with van der Waals surface area (Å²) in [6.45, 7) is 3.67. The topological polar surface area (TPSA) is 57.6 Å². The van der Waals surface area contributed by atoms with Crippen LogP contribution in [0.4, 0.5) is 0 Å². The van der Waals surface area contributed by atoms with Crippen molar-refractivity contribution in [2.45, 2.75) is 19.1 Å². The van der Waals surface area contributed by atoms with Gasteiger partial charge in [-0.25, -0.2) is 0 Å². The molecule has 0 aliphatic rings. The normalized spacial score (nSPS) is 14.6. The van der Waals surface area contributed by atoms with Gasteiger partial charge < -0.3 is 10.0 Å². The molecule has 0 aromatic rings. The number of carbonyl (C=O) groups is 2. The first-order valence-corrected chi connectivity index (χ1v) is 5.69. The summed E-state index contributed by atoms with van der Waals surface area (Å²) >= 11 is 1.46. The van der Waals surface area contributed by atoms with E-state index < -0.39 is 11.9 Å². The first-order chi connectivity index (χ1) is 6.40. The third kappa shape index (κ3) is 4.00. The maximum absolute atomic E-state index is 11.5. The molecule has 1 amide bonds. The molecule has 0 saturated heterocycles. The van der Waals surface area contributed by atoms with E-state index in [0.29, 0.717) is 0 Å². The molecule has 0 heterocycles. The molecule has 0 spiro atoms. The molecule has 0 radical (unpaired) electrons. The van der Waals surface area contributed by atoms with Crippen LogP contribution in [0.15, 0.2) is 0 Å². The molecular formula is C9H17NO3S. The van der Waals surface area contributed by atoms with Gasteiger partial charge in [-0.15, -0.1) is 0 Å². The second kappa shape index (κ2) is 5.90. The minimum Gasteiger partial charge on any atom is -0.481 e. The number of rotatable bonds is 5. The summed E-state index contributed by atoms with van der Waals surface area (Å²) in [5, 5.41) is 8.56. The van der Waals surface area contributed by atoms with Crippen LogP contribution in [-0.2, 0) is 9.59 Å². The smallest absolute Gasteiger partial charge is 0.308 e. The summed E-state index contributed by atoms with van der Waals surface area (Å²) < 4.78 is 0. The second-order valence-corrected chi connectivity index (χ2v) is 4.51. The molecule has 0 rings (SSSR count). The van der Waals surface area contributed by atoms with Crippen molar-refractivity contribution in [2.24, 2.45) is 5.92 Å². The Morgan fingerprint density at radius 3 is 2.29 bits per heavy atom. The van der Waals surface area contributed by atoms with Crippen LogP contribution in [0.5, 0.6) is 0 Å². The molecule has 4 nitrogen and oxygen atoms in total. The Kier molecular flexibility index (Phi) is 5.60. The Morgan fingerprint density at radius 1 is 1.43 bits per heavy atom. The molecule has 0 aromatic carbocycles. The van der Waals surface area contributed by atoms with Gasteiger partial charge in [0, 0.05) is 13.6 Å². The van der Waals surface area contributed by atoms with Gasteiger partial charge in [0.1, 0.15) is 0 Å². The van der Waals surface area contributed by atoms with Gasteiger partial charge in [-0.05, 0) is 13.2 Å². The van der Waals surface area contributed by atoms with Crippen molar-refractivity contribution in [3.63, 3.8) is 0 Å². The van der Waals surface area contributed by atoms with Gasteiger partial charge in [-0.1, -0.05) is 6.92 Å². The van der Waals surface area contributed by atoms with Crippen LogP contribution in [0.2, 0.25) is 0 Å². The fraction of sp³-hybridized carbons (Fsp3) is 0.778. The summed E-state index contributed by atoms with van der Waals surface area (Å²) in [5.74, 6) is -1.41. The van der Waals surface area contributed by atoms with Gasteiger partial charge in [0.25, 0.3) is 0 Å². The Bertz CT molecular complexity index is 220. The zero-order valence-corrected chi connectivity index (χ0v) is 9.80. The van der Waals surface area contributed by atoms with Gasteiger partial charge >= 0.3 is 5.97 Å². The molecule has 82 valence electrons. The van der Waals surface area contributed by atoms with Crippen molar-refractivity contribution in [1.82, 2.24) is 4.90 Å². The number of hydrogen-bond donors (Lipinski definition) is 1. The summed E-state index contributed by atoms with van der Waals surface area (Å²) in [6, 6.07) is 0. The number of carboxylic acid groups (broad SMARTS) is 1. The zero-order valence-electron chi connectivity index (χ0n) is 8.98. The van der Waals surface area contributed by atoms with E-state index in [0.717, 1.165) is 0 Å². The molecule has 0 saturated carbocycles. The van der Waals surface area contributed by atoms with Crippen molar-refractivity contribution in [2.75, 3.05) is 19.8 Å². The molecular weight excluding hydrogens is 202 g/mol. The molecule has 0 bridgehead atoms. The Labute approximate surface area is 88.7 Å². The number of thioether (sulfide) groups is 1. The molecule has 5 heteroatoms. The fourth-order valence-corrected chi connectivity index (χ4v) is 1.37. The molecule has 0 aliphatic heterocycles. The number of hydrogen-bond acceptors (Lipinski definition) is 3. The van der Waals surface area contributed by atoms with Crippen molar-refractivity contribution >= 4 is 23.6 Å². The van der Waals surface area contributed by atoms with Crippen LogP contribution in [-0.4, -0.2) is 47.0 Å². The lowest BCUT2D eigenvalue weighted by atomic mass is 10.2. The van der Waals surface area contributed by atoms with Crippen LogP contribution < -0.4 is 0 Å². The van der Waals surface area contributed by atoms with Crippen LogP contribution in [0, 0.1) is 5.92 Å². The second-order valence-electron chi connectivity index (χ2n) is 3.34. The lowest BCUT2D eigenvalue weighted by Gasteiger charge is -2.22. The maximum atomic E-state index is 11.5. The van der Waals surface area contributed by atoms with E-state index in [-0.39, 0.29) is 17.7 Å². The molecule has 1 N–H and O–H groups in total. The highest BCUT2D eigenvalue weighted by molar-refractivity contribution is 7.99. The van der Waals surface area contributed by atoms with Gasteiger partial charge in [0.2, 0.25) is 5.91 Å². The first kappa shape index (κ1) is 13.3. The minimum atomic E-state index is -0.874. The summed E-state index contributed by atoms with van der Waals surface area (Å²) in [6.07, 6.45) is 1.86. The third-order valence-electron chi connectivity index (χ3n) is 2.05. The maximum Gasteiger partial charge on any atom is 0.308 e. The van der Waals surface area contributed by atoms with E-state index in [1.807, 2.05) is 13.2 Å². The van der Waals surface area contributed by atoms with Gasteiger partial charge in [-0.2, -0.15) is 11.8 Å². The molecule has 0 aromatic heterocycles. The van der Waals surface area contributed by atoms with Crippen molar-refractivity contribution in [3.05, 3.63) is 0 Å². The van der Waals surface area contributed by atoms with Crippen LogP contribution in [0.3, 0.4) is 0 Å². The van der Waals surface area contributed by atoms with E-state index in [4.69, 9.17) is 5.11 Å². The van der Waals surface area contributed by atoms with E-state index in [1.54, 1.807) is 14.0 Å². The van der Waals surface area contributed by atoms with Crippen molar-refractivity contribution in [1.29, 1.82) is 0 Å². The monoisotopic (exact) mass is 219 g/mol. The average molecular weight is 219 g/mol. The van der Waals surface area contributed by atoms with Gasteiger partial charge in [-0.3, -0.25) is 9.59 Å².